The molecule has 10 aromatic carbocycles. The summed E-state index contributed by atoms with van der Waals surface area (Å²) in [5.41, 5.74) is 23.8. The molecule has 0 radical (unpaired) electrons. The quantitative estimate of drug-likeness (QED) is 0.0794. The Morgan fingerprint density at radius 2 is 0.793 bits per heavy atom. The molecule has 0 amide bonds. The Bertz CT molecular complexity index is 3910. The molecule has 4 nitrogen and oxygen atoms in total. The van der Waals surface area contributed by atoms with Gasteiger partial charge in [0, 0.05) is 68.6 Å². The van der Waals surface area contributed by atoms with Gasteiger partial charge >= 0.3 is 0 Å². The first-order chi connectivity index (χ1) is 40.2. The molecule has 11 rings (SSSR count). The molecule has 0 aliphatic heterocycles. The van der Waals surface area contributed by atoms with Crippen molar-refractivity contribution in [3.63, 3.8) is 0 Å². The van der Waals surface area contributed by atoms with Crippen LogP contribution in [0.1, 0.15) is 64.2 Å². The van der Waals surface area contributed by atoms with Gasteiger partial charge < -0.3 is 19.6 Å². The van der Waals surface area contributed by atoms with Crippen LogP contribution in [0.2, 0.25) is 0 Å². The van der Waals surface area contributed by atoms with E-state index in [0.29, 0.717) is 0 Å². The summed E-state index contributed by atoms with van der Waals surface area (Å²) >= 11 is 0. The van der Waals surface area contributed by atoms with Crippen LogP contribution in [0.25, 0.3) is 39.0 Å². The van der Waals surface area contributed by atoms with Gasteiger partial charge in [-0.05, 0) is 225 Å². The lowest BCUT2D eigenvalue weighted by Crippen LogP contribution is -2.29. The van der Waals surface area contributed by atoms with E-state index in [1.807, 2.05) is 0 Å². The summed E-state index contributed by atoms with van der Waals surface area (Å²) in [5.74, 6) is 0. The standard InChI is InChI=1S/C78H70N4/c1-7-68(53-59(6)60-23-12-8-13-24-60)79(58(4)5)70-45-47-74(48-46-70)81(76-34-20-29-65(54-76)57(2)3)71-41-37-63(38-42-71)64-39-43-72(44-40-64)82(78-36-22-31-67(56-78)62-27-16-10-17-28-62)75-51-49-73(50-52-75)80(69-32-18-11-19-33-69)77-35-21-30-66(55-77)61-25-14-9-15-26-61/h7-16,18-27,29-56,58H,2,17,28H2,1,3-6H3/b59-53+,68-7+. The van der Waals surface area contributed by atoms with E-state index < -0.39 is 0 Å². The molecular weight excluding hydrogens is 993 g/mol. The smallest absolute Gasteiger partial charge is 0.0467 e. The van der Waals surface area contributed by atoms with Gasteiger partial charge in [0.05, 0.1) is 0 Å². The van der Waals surface area contributed by atoms with E-state index in [0.717, 1.165) is 97.7 Å². The zero-order valence-corrected chi connectivity index (χ0v) is 47.7. The summed E-state index contributed by atoms with van der Waals surface area (Å²) in [7, 11) is 0. The third-order valence-electron chi connectivity index (χ3n) is 15.3. The maximum atomic E-state index is 4.30. The van der Waals surface area contributed by atoms with Gasteiger partial charge in [-0.2, -0.15) is 0 Å². The van der Waals surface area contributed by atoms with Crippen LogP contribution >= 0.6 is 0 Å². The number of hydrogen-bond acceptors (Lipinski definition) is 4. The van der Waals surface area contributed by atoms with Crippen LogP contribution in [0, 0.1) is 0 Å². The zero-order valence-electron chi connectivity index (χ0n) is 47.7. The second-order valence-electron chi connectivity index (χ2n) is 21.3. The van der Waals surface area contributed by atoms with E-state index in [1.54, 1.807) is 0 Å². The first kappa shape index (κ1) is 54.1. The lowest BCUT2D eigenvalue weighted by molar-refractivity contribution is 0.763. The van der Waals surface area contributed by atoms with Gasteiger partial charge in [0.25, 0.3) is 0 Å². The highest BCUT2D eigenvalue weighted by Gasteiger charge is 2.21. The summed E-state index contributed by atoms with van der Waals surface area (Å²) in [6, 6.07) is 94.6. The monoisotopic (exact) mass is 1060 g/mol. The highest BCUT2D eigenvalue weighted by atomic mass is 15.2. The van der Waals surface area contributed by atoms with Crippen LogP contribution in [0.3, 0.4) is 0 Å². The molecule has 4 heteroatoms. The van der Waals surface area contributed by atoms with Gasteiger partial charge in [-0.3, -0.25) is 0 Å². The Balaban J connectivity index is 0.916. The van der Waals surface area contributed by atoms with Crippen LogP contribution < -0.4 is 19.6 Å². The van der Waals surface area contributed by atoms with Crippen LogP contribution in [-0.4, -0.2) is 6.04 Å². The molecule has 0 N–H and O–H groups in total. The summed E-state index contributed by atoms with van der Waals surface area (Å²) in [5, 5.41) is 0. The van der Waals surface area contributed by atoms with E-state index in [4.69, 9.17) is 0 Å². The zero-order chi connectivity index (χ0) is 56.4. The van der Waals surface area contributed by atoms with Crippen molar-refractivity contribution >= 4 is 73.6 Å². The summed E-state index contributed by atoms with van der Waals surface area (Å²) in [4.78, 5) is 9.48. The number of para-hydroxylation sites is 1. The Labute approximate surface area is 486 Å². The molecule has 0 aromatic heterocycles. The van der Waals surface area contributed by atoms with Crippen molar-refractivity contribution in [3.8, 4) is 22.3 Å². The lowest BCUT2D eigenvalue weighted by atomic mass is 9.96. The van der Waals surface area contributed by atoms with Gasteiger partial charge in [0.1, 0.15) is 0 Å². The van der Waals surface area contributed by atoms with Gasteiger partial charge in [-0.25, -0.2) is 0 Å². The Morgan fingerprint density at radius 1 is 0.402 bits per heavy atom. The number of benzene rings is 10. The number of anilines is 10. The van der Waals surface area contributed by atoms with Crippen LogP contribution in [-0.2, 0) is 0 Å². The van der Waals surface area contributed by atoms with E-state index in [2.05, 4.69) is 352 Å². The lowest BCUT2D eigenvalue weighted by Gasteiger charge is -2.32. The highest BCUT2D eigenvalue weighted by molar-refractivity contribution is 5.86. The second-order valence-corrected chi connectivity index (χ2v) is 21.3. The Hall–Kier alpha value is -9.90. The number of allylic oxidation sites excluding steroid dienone is 8. The number of nitrogens with zero attached hydrogens (tertiary/aromatic N) is 4. The third kappa shape index (κ3) is 12.1. The summed E-state index contributed by atoms with van der Waals surface area (Å²) < 4.78 is 0. The maximum Gasteiger partial charge on any atom is 0.0467 e. The summed E-state index contributed by atoms with van der Waals surface area (Å²) in [6.45, 7) is 15.2. The SMILES string of the molecule is C=C(C)c1cccc(N(c2ccc(-c3ccc(N(c4ccc(N(c5ccccc5)c5cccc(-c6ccccc6)c5)cc4)c4cccc(C5=CC=CCC5)c4)cc3)cc2)c2ccc(N(C(/C=C(\C)c3ccccc3)=C/C)C(C)C)cc2)c1. The van der Waals surface area contributed by atoms with Crippen molar-refractivity contribution in [1.82, 2.24) is 0 Å². The fourth-order valence-electron chi connectivity index (χ4n) is 11.1. The predicted molar refractivity (Wildman–Crippen MR) is 354 cm³/mol. The second kappa shape index (κ2) is 25.0. The van der Waals surface area contributed by atoms with Crippen molar-refractivity contribution in [1.29, 1.82) is 0 Å². The number of rotatable bonds is 18. The maximum absolute atomic E-state index is 4.30. The molecule has 0 saturated carbocycles. The molecule has 1 aliphatic carbocycles. The largest absolute Gasteiger partial charge is 0.339 e. The van der Waals surface area contributed by atoms with Crippen molar-refractivity contribution < 1.29 is 0 Å². The first-order valence-electron chi connectivity index (χ1n) is 28.6. The van der Waals surface area contributed by atoms with E-state index in [1.165, 1.54) is 33.4 Å². The molecule has 0 spiro atoms. The Morgan fingerprint density at radius 3 is 1.28 bits per heavy atom. The van der Waals surface area contributed by atoms with Crippen molar-refractivity contribution in [3.05, 3.63) is 320 Å². The van der Waals surface area contributed by atoms with Gasteiger partial charge in [0.2, 0.25) is 0 Å². The highest BCUT2D eigenvalue weighted by Crippen LogP contribution is 2.43. The first-order valence-corrected chi connectivity index (χ1v) is 28.6. The average Bonchev–Trinajstić information content (AvgIpc) is 3.57. The third-order valence-corrected chi connectivity index (χ3v) is 15.3. The average molecular weight is 1060 g/mol. The van der Waals surface area contributed by atoms with Crippen LogP contribution in [0.15, 0.2) is 304 Å². The van der Waals surface area contributed by atoms with E-state index >= 15 is 0 Å². The molecule has 0 heterocycles. The van der Waals surface area contributed by atoms with Gasteiger partial charge in [0.15, 0.2) is 0 Å². The molecule has 402 valence electrons. The molecule has 0 bridgehead atoms. The normalized spacial score (nSPS) is 12.4. The molecule has 0 unspecified atom stereocenters. The Kier molecular flexibility index (Phi) is 16.5. The molecule has 1 aliphatic rings. The molecular formula is C78H70N4. The topological polar surface area (TPSA) is 13.0 Å². The molecule has 10 aromatic rings. The minimum absolute atomic E-state index is 0.233. The molecule has 0 fully saturated rings. The molecule has 82 heavy (non-hydrogen) atoms. The van der Waals surface area contributed by atoms with Crippen molar-refractivity contribution in [2.24, 2.45) is 0 Å². The van der Waals surface area contributed by atoms with Crippen molar-refractivity contribution in [2.45, 2.75) is 53.5 Å². The minimum atomic E-state index is 0.233. The van der Waals surface area contributed by atoms with Gasteiger partial charge in [-0.15, -0.1) is 0 Å². The van der Waals surface area contributed by atoms with Gasteiger partial charge in [-0.1, -0.05) is 176 Å². The summed E-state index contributed by atoms with van der Waals surface area (Å²) in [6.07, 6.45) is 13.3. The molecule has 0 saturated heterocycles. The number of hydrogen-bond donors (Lipinski definition) is 0. The minimum Gasteiger partial charge on any atom is -0.339 e. The van der Waals surface area contributed by atoms with E-state index in [-0.39, 0.29) is 6.04 Å². The fourth-order valence-corrected chi connectivity index (χ4v) is 11.1. The predicted octanol–water partition coefficient (Wildman–Crippen LogP) is 22.4. The molecule has 0 atom stereocenters. The van der Waals surface area contributed by atoms with Crippen molar-refractivity contribution in [2.75, 3.05) is 19.6 Å². The fraction of sp³-hybridized carbons (Fsp3) is 0.103. The van der Waals surface area contributed by atoms with E-state index in [9.17, 15) is 0 Å². The van der Waals surface area contributed by atoms with Crippen LogP contribution in [0.4, 0.5) is 56.9 Å². The van der Waals surface area contributed by atoms with Crippen LogP contribution in [0.5, 0.6) is 0 Å².